The van der Waals surface area contributed by atoms with Crippen molar-refractivity contribution in [2.45, 2.75) is 32.7 Å². The molecule has 0 amide bonds. The van der Waals surface area contributed by atoms with E-state index in [1.807, 2.05) is 13.0 Å². The summed E-state index contributed by atoms with van der Waals surface area (Å²) in [6.45, 7) is 4.06. The molecule has 1 N–H and O–H groups in total. The van der Waals surface area contributed by atoms with Crippen LogP contribution in [-0.2, 0) is 0 Å². The van der Waals surface area contributed by atoms with Crippen LogP contribution >= 0.6 is 11.3 Å². The third-order valence-electron chi connectivity index (χ3n) is 3.60. The first-order valence-corrected chi connectivity index (χ1v) is 7.22. The molecule has 1 aromatic heterocycles. The molecule has 1 heterocycles. The number of nitrogens with zero attached hydrogens (tertiary/aromatic N) is 2. The molecule has 19 heavy (non-hydrogen) atoms. The Morgan fingerprint density at radius 3 is 3.00 bits per heavy atom. The second-order valence-corrected chi connectivity index (χ2v) is 6.22. The first-order chi connectivity index (χ1) is 9.08. The van der Waals surface area contributed by atoms with Gasteiger partial charge < -0.3 is 5.32 Å². The molecule has 1 aromatic carbocycles. The number of anilines is 1. The molecule has 0 radical (unpaired) electrons. The van der Waals surface area contributed by atoms with Crippen LogP contribution in [0, 0.1) is 23.0 Å². The molecule has 0 saturated heterocycles. The van der Waals surface area contributed by atoms with E-state index in [-0.39, 0.29) is 10.6 Å². The quantitative estimate of drug-likeness (QED) is 0.683. The predicted octanol–water partition coefficient (Wildman–Crippen LogP) is 3.72. The van der Waals surface area contributed by atoms with Crippen molar-refractivity contribution in [3.63, 3.8) is 0 Å². The van der Waals surface area contributed by atoms with Crippen LogP contribution in [0.5, 0.6) is 0 Å². The zero-order valence-corrected chi connectivity index (χ0v) is 11.7. The Balaban J connectivity index is 2.00. The highest BCUT2D eigenvalue weighted by atomic mass is 32.1. The molecule has 100 valence electrons. The topological polar surface area (TPSA) is 68.1 Å². The Morgan fingerprint density at radius 1 is 1.58 bits per heavy atom. The van der Waals surface area contributed by atoms with Gasteiger partial charge in [0.15, 0.2) is 0 Å². The molecule has 6 heteroatoms. The maximum Gasteiger partial charge on any atom is 0.293 e. The molecular formula is C13H15N3O2S. The molecule has 5 nitrogen and oxygen atoms in total. The SMILES string of the molecule is CCC1CC1Nc1cc2nc(C)sc2cc1[N+](=O)[O-]. The summed E-state index contributed by atoms with van der Waals surface area (Å²) < 4.78 is 0.873. The fourth-order valence-corrected chi connectivity index (χ4v) is 3.26. The predicted molar refractivity (Wildman–Crippen MR) is 76.8 cm³/mol. The third-order valence-corrected chi connectivity index (χ3v) is 4.53. The van der Waals surface area contributed by atoms with Gasteiger partial charge in [0.2, 0.25) is 0 Å². The van der Waals surface area contributed by atoms with Gasteiger partial charge in [-0.1, -0.05) is 13.3 Å². The molecule has 0 aliphatic heterocycles. The summed E-state index contributed by atoms with van der Waals surface area (Å²) in [7, 11) is 0. The first-order valence-electron chi connectivity index (χ1n) is 6.40. The van der Waals surface area contributed by atoms with E-state index in [1.165, 1.54) is 11.3 Å². The lowest BCUT2D eigenvalue weighted by Crippen LogP contribution is -2.06. The van der Waals surface area contributed by atoms with Crippen LogP contribution in [0.4, 0.5) is 11.4 Å². The summed E-state index contributed by atoms with van der Waals surface area (Å²) in [5.74, 6) is 0.646. The molecule has 0 bridgehead atoms. The zero-order valence-electron chi connectivity index (χ0n) is 10.8. The van der Waals surface area contributed by atoms with Crippen LogP contribution in [0.3, 0.4) is 0 Å². The average Bonchev–Trinajstić information content (AvgIpc) is 3.00. The highest BCUT2D eigenvalue weighted by molar-refractivity contribution is 7.18. The van der Waals surface area contributed by atoms with E-state index < -0.39 is 0 Å². The molecule has 1 fully saturated rings. The summed E-state index contributed by atoms with van der Waals surface area (Å²) in [5.41, 5.74) is 1.59. The van der Waals surface area contributed by atoms with Crippen molar-refractivity contribution in [2.24, 2.45) is 5.92 Å². The number of thiazole rings is 1. The van der Waals surface area contributed by atoms with E-state index in [0.717, 1.165) is 28.1 Å². The van der Waals surface area contributed by atoms with E-state index in [9.17, 15) is 10.1 Å². The number of aromatic nitrogens is 1. The number of aryl methyl sites for hydroxylation is 1. The van der Waals surface area contributed by atoms with Crippen molar-refractivity contribution in [1.29, 1.82) is 0 Å². The molecule has 1 aliphatic rings. The fraction of sp³-hybridized carbons (Fsp3) is 0.462. The van der Waals surface area contributed by atoms with Crippen molar-refractivity contribution in [3.8, 4) is 0 Å². The monoisotopic (exact) mass is 277 g/mol. The maximum absolute atomic E-state index is 11.2. The van der Waals surface area contributed by atoms with Gasteiger partial charge in [0.25, 0.3) is 5.69 Å². The van der Waals surface area contributed by atoms with Crippen molar-refractivity contribution in [1.82, 2.24) is 4.98 Å². The number of nitro benzene ring substituents is 1. The van der Waals surface area contributed by atoms with Gasteiger partial charge in [0.05, 0.1) is 20.1 Å². The number of nitrogens with one attached hydrogen (secondary N) is 1. The Labute approximate surface area is 114 Å². The van der Waals surface area contributed by atoms with Gasteiger partial charge in [-0.3, -0.25) is 10.1 Å². The number of nitro groups is 1. The molecule has 0 spiro atoms. The van der Waals surface area contributed by atoms with Crippen LogP contribution in [0.25, 0.3) is 10.2 Å². The Morgan fingerprint density at radius 2 is 2.37 bits per heavy atom. The number of rotatable bonds is 4. The lowest BCUT2D eigenvalue weighted by molar-refractivity contribution is -0.383. The lowest BCUT2D eigenvalue weighted by Gasteiger charge is -2.06. The number of fused-ring (bicyclic) bond motifs is 1. The van der Waals surface area contributed by atoms with Crippen LogP contribution < -0.4 is 5.32 Å². The smallest absolute Gasteiger partial charge is 0.293 e. The van der Waals surface area contributed by atoms with E-state index in [2.05, 4.69) is 17.2 Å². The first kappa shape index (κ1) is 12.3. The standard InChI is InChI=1S/C13H15N3O2S/c1-3-8-4-9(8)15-10-5-11-13(19-7(2)14-11)6-12(10)16(17)18/h5-6,8-9,15H,3-4H2,1-2H3. The molecule has 3 rings (SSSR count). The Bertz CT molecular complexity index is 653. The number of hydrogen-bond acceptors (Lipinski definition) is 5. The van der Waals surface area contributed by atoms with Gasteiger partial charge in [-0.25, -0.2) is 4.98 Å². The second kappa shape index (κ2) is 4.45. The lowest BCUT2D eigenvalue weighted by atomic mass is 10.2. The normalized spacial score (nSPS) is 21.6. The minimum atomic E-state index is -0.319. The molecule has 2 aromatic rings. The van der Waals surface area contributed by atoms with Gasteiger partial charge in [0, 0.05) is 12.1 Å². The second-order valence-electron chi connectivity index (χ2n) is 4.98. The molecule has 1 saturated carbocycles. The van der Waals surface area contributed by atoms with Gasteiger partial charge in [-0.05, 0) is 25.3 Å². The van der Waals surface area contributed by atoms with Gasteiger partial charge in [0.1, 0.15) is 5.69 Å². The average molecular weight is 277 g/mol. The van der Waals surface area contributed by atoms with Crippen LogP contribution in [0.15, 0.2) is 12.1 Å². The molecular weight excluding hydrogens is 262 g/mol. The summed E-state index contributed by atoms with van der Waals surface area (Å²) in [4.78, 5) is 15.3. The highest BCUT2D eigenvalue weighted by Gasteiger charge is 2.36. The fourth-order valence-electron chi connectivity index (χ4n) is 2.42. The summed E-state index contributed by atoms with van der Waals surface area (Å²) in [6.07, 6.45) is 2.21. The van der Waals surface area contributed by atoms with Gasteiger partial charge >= 0.3 is 0 Å². The van der Waals surface area contributed by atoms with Gasteiger partial charge in [-0.15, -0.1) is 11.3 Å². The van der Waals surface area contributed by atoms with E-state index >= 15 is 0 Å². The maximum atomic E-state index is 11.2. The van der Waals surface area contributed by atoms with Crippen molar-refractivity contribution < 1.29 is 4.92 Å². The molecule has 1 aliphatic carbocycles. The van der Waals surface area contributed by atoms with Crippen LogP contribution in [-0.4, -0.2) is 15.9 Å². The molecule has 2 unspecified atom stereocenters. The third kappa shape index (κ3) is 2.28. The van der Waals surface area contributed by atoms with Crippen molar-refractivity contribution in [3.05, 3.63) is 27.3 Å². The number of benzene rings is 1. The van der Waals surface area contributed by atoms with Crippen molar-refractivity contribution in [2.75, 3.05) is 5.32 Å². The van der Waals surface area contributed by atoms with E-state index in [1.54, 1.807) is 6.07 Å². The molecule has 2 atom stereocenters. The Hall–Kier alpha value is -1.69. The summed E-state index contributed by atoms with van der Waals surface area (Å²) >= 11 is 1.49. The van der Waals surface area contributed by atoms with E-state index in [0.29, 0.717) is 17.6 Å². The summed E-state index contributed by atoms with van der Waals surface area (Å²) in [6, 6.07) is 3.81. The van der Waals surface area contributed by atoms with Crippen LogP contribution in [0.1, 0.15) is 24.8 Å². The Kier molecular flexibility index (Phi) is 2.89. The number of hydrogen-bond donors (Lipinski definition) is 1. The summed E-state index contributed by atoms with van der Waals surface area (Å²) in [5, 5.41) is 15.4. The minimum absolute atomic E-state index is 0.151. The largest absolute Gasteiger partial charge is 0.376 e. The highest BCUT2D eigenvalue weighted by Crippen LogP contribution is 2.40. The van der Waals surface area contributed by atoms with Crippen molar-refractivity contribution >= 4 is 32.9 Å². The van der Waals surface area contributed by atoms with Crippen LogP contribution in [0.2, 0.25) is 0 Å². The zero-order chi connectivity index (χ0) is 13.6. The van der Waals surface area contributed by atoms with E-state index in [4.69, 9.17) is 0 Å². The minimum Gasteiger partial charge on any atom is -0.376 e. The van der Waals surface area contributed by atoms with Gasteiger partial charge in [-0.2, -0.15) is 0 Å².